The molecule has 1 fully saturated rings. The molecule has 1 amide bonds. The first-order chi connectivity index (χ1) is 6.82. The second-order valence-electron chi connectivity index (χ2n) is 5.22. The SMILES string of the molecule is CC(O)CCN1CCC(=O)N1C(C)(C)C. The molecule has 1 atom stereocenters. The van der Waals surface area contributed by atoms with Crippen molar-refractivity contribution < 1.29 is 9.90 Å². The number of amides is 1. The van der Waals surface area contributed by atoms with E-state index in [0.29, 0.717) is 12.8 Å². The maximum absolute atomic E-state index is 11.7. The van der Waals surface area contributed by atoms with E-state index < -0.39 is 0 Å². The van der Waals surface area contributed by atoms with Gasteiger partial charge in [0.05, 0.1) is 11.6 Å². The van der Waals surface area contributed by atoms with Gasteiger partial charge in [0.1, 0.15) is 0 Å². The van der Waals surface area contributed by atoms with Crippen molar-refractivity contribution in [1.29, 1.82) is 0 Å². The second-order valence-corrected chi connectivity index (χ2v) is 5.22. The molecule has 1 saturated heterocycles. The number of hydrogen-bond acceptors (Lipinski definition) is 3. The Morgan fingerprint density at radius 2 is 2.07 bits per heavy atom. The summed E-state index contributed by atoms with van der Waals surface area (Å²) in [6.07, 6.45) is 0.999. The quantitative estimate of drug-likeness (QED) is 0.762. The number of rotatable bonds is 3. The lowest BCUT2D eigenvalue weighted by atomic mass is 10.1. The lowest BCUT2D eigenvalue weighted by molar-refractivity contribution is -0.148. The van der Waals surface area contributed by atoms with Crippen molar-refractivity contribution in [3.05, 3.63) is 0 Å². The number of carbonyl (C=O) groups is 1. The lowest BCUT2D eigenvalue weighted by Gasteiger charge is -2.38. The van der Waals surface area contributed by atoms with Crippen molar-refractivity contribution in [3.8, 4) is 0 Å². The normalized spacial score (nSPS) is 21.1. The predicted octanol–water partition coefficient (Wildman–Crippen LogP) is 1.01. The number of hydrogen-bond donors (Lipinski definition) is 1. The van der Waals surface area contributed by atoms with Gasteiger partial charge in [-0.15, -0.1) is 0 Å². The zero-order chi connectivity index (χ0) is 11.6. The Morgan fingerprint density at radius 3 is 2.53 bits per heavy atom. The number of aliphatic hydroxyl groups is 1. The van der Waals surface area contributed by atoms with Crippen molar-refractivity contribution in [3.63, 3.8) is 0 Å². The summed E-state index contributed by atoms with van der Waals surface area (Å²) in [6, 6.07) is 0. The van der Waals surface area contributed by atoms with Crippen LogP contribution in [0.2, 0.25) is 0 Å². The molecule has 1 rings (SSSR count). The number of nitrogens with zero attached hydrogens (tertiary/aromatic N) is 2. The Balaban J connectivity index is 2.60. The van der Waals surface area contributed by atoms with Gasteiger partial charge >= 0.3 is 0 Å². The van der Waals surface area contributed by atoms with E-state index in [1.165, 1.54) is 0 Å². The molecule has 0 aromatic carbocycles. The maximum atomic E-state index is 11.7. The topological polar surface area (TPSA) is 43.8 Å². The molecule has 0 bridgehead atoms. The van der Waals surface area contributed by atoms with E-state index >= 15 is 0 Å². The summed E-state index contributed by atoms with van der Waals surface area (Å²) in [6.45, 7) is 9.41. The van der Waals surface area contributed by atoms with E-state index in [2.05, 4.69) is 5.01 Å². The van der Waals surface area contributed by atoms with Crippen LogP contribution < -0.4 is 0 Å². The lowest BCUT2D eigenvalue weighted by Crippen LogP contribution is -2.51. The molecule has 1 aliphatic rings. The third-order valence-corrected chi connectivity index (χ3v) is 2.54. The van der Waals surface area contributed by atoms with Crippen LogP contribution in [0.3, 0.4) is 0 Å². The van der Waals surface area contributed by atoms with Crippen molar-refractivity contribution in [1.82, 2.24) is 10.0 Å². The largest absolute Gasteiger partial charge is 0.393 e. The Hall–Kier alpha value is -0.610. The highest BCUT2D eigenvalue weighted by Gasteiger charge is 2.36. The third kappa shape index (κ3) is 3.18. The van der Waals surface area contributed by atoms with Gasteiger partial charge in [-0.2, -0.15) is 0 Å². The fraction of sp³-hybridized carbons (Fsp3) is 0.909. The summed E-state index contributed by atoms with van der Waals surface area (Å²) in [5, 5.41) is 13.1. The van der Waals surface area contributed by atoms with Gasteiger partial charge in [-0.25, -0.2) is 5.01 Å². The van der Waals surface area contributed by atoms with Crippen LogP contribution in [0.25, 0.3) is 0 Å². The summed E-state index contributed by atoms with van der Waals surface area (Å²) < 4.78 is 0. The van der Waals surface area contributed by atoms with Gasteiger partial charge in [-0.1, -0.05) is 0 Å². The van der Waals surface area contributed by atoms with Gasteiger partial charge in [0.2, 0.25) is 5.91 Å². The van der Waals surface area contributed by atoms with Crippen molar-refractivity contribution in [2.75, 3.05) is 13.1 Å². The molecule has 0 aliphatic carbocycles. The van der Waals surface area contributed by atoms with Gasteiger partial charge in [0.15, 0.2) is 0 Å². The third-order valence-electron chi connectivity index (χ3n) is 2.54. The molecule has 1 heterocycles. The first-order valence-corrected chi connectivity index (χ1v) is 5.58. The van der Waals surface area contributed by atoms with E-state index in [1.807, 2.05) is 25.8 Å². The highest BCUT2D eigenvalue weighted by molar-refractivity contribution is 5.78. The fourth-order valence-electron chi connectivity index (χ4n) is 1.93. The number of hydrazine groups is 1. The standard InChI is InChI=1S/C11H22N2O2/c1-9(14)5-7-12-8-6-10(15)13(12)11(2,3)4/h9,14H,5-8H2,1-4H3. The average molecular weight is 214 g/mol. The summed E-state index contributed by atoms with van der Waals surface area (Å²) in [5.41, 5.74) is -0.160. The van der Waals surface area contributed by atoms with E-state index in [1.54, 1.807) is 6.92 Å². The molecule has 15 heavy (non-hydrogen) atoms. The van der Waals surface area contributed by atoms with Crippen LogP contribution >= 0.6 is 0 Å². The van der Waals surface area contributed by atoms with Crippen molar-refractivity contribution in [2.45, 2.75) is 52.2 Å². The van der Waals surface area contributed by atoms with E-state index in [0.717, 1.165) is 13.1 Å². The Morgan fingerprint density at radius 1 is 1.47 bits per heavy atom. The minimum absolute atomic E-state index is 0.160. The van der Waals surface area contributed by atoms with Gasteiger partial charge in [0, 0.05) is 19.5 Å². The van der Waals surface area contributed by atoms with Gasteiger partial charge in [0.25, 0.3) is 0 Å². The molecule has 1 unspecified atom stereocenters. The Bertz CT molecular complexity index is 233. The zero-order valence-electron chi connectivity index (χ0n) is 10.2. The Labute approximate surface area is 91.8 Å². The van der Waals surface area contributed by atoms with Crippen LogP contribution in [0.15, 0.2) is 0 Å². The molecule has 1 aliphatic heterocycles. The van der Waals surface area contributed by atoms with Crippen molar-refractivity contribution in [2.24, 2.45) is 0 Å². The molecule has 1 N–H and O–H groups in total. The summed E-state index contributed by atoms with van der Waals surface area (Å²) in [5.74, 6) is 0.188. The second kappa shape index (κ2) is 4.49. The van der Waals surface area contributed by atoms with Crippen LogP contribution in [0.1, 0.15) is 40.5 Å². The van der Waals surface area contributed by atoms with Crippen LogP contribution in [-0.4, -0.2) is 45.8 Å². The zero-order valence-corrected chi connectivity index (χ0v) is 10.2. The van der Waals surface area contributed by atoms with Crippen LogP contribution in [-0.2, 0) is 4.79 Å². The predicted molar refractivity (Wildman–Crippen MR) is 59.1 cm³/mol. The molecule has 0 radical (unpaired) electrons. The molecular weight excluding hydrogens is 192 g/mol. The highest BCUT2D eigenvalue weighted by Crippen LogP contribution is 2.23. The van der Waals surface area contributed by atoms with Crippen LogP contribution in [0.5, 0.6) is 0 Å². The van der Waals surface area contributed by atoms with E-state index in [4.69, 9.17) is 0 Å². The fourth-order valence-corrected chi connectivity index (χ4v) is 1.93. The molecular formula is C11H22N2O2. The van der Waals surface area contributed by atoms with Crippen molar-refractivity contribution >= 4 is 5.91 Å². The number of aliphatic hydroxyl groups excluding tert-OH is 1. The monoisotopic (exact) mass is 214 g/mol. The minimum atomic E-state index is -0.303. The van der Waals surface area contributed by atoms with Gasteiger partial charge in [-0.05, 0) is 34.1 Å². The van der Waals surface area contributed by atoms with Gasteiger partial charge < -0.3 is 5.11 Å². The highest BCUT2D eigenvalue weighted by atomic mass is 16.3. The van der Waals surface area contributed by atoms with Crippen LogP contribution in [0.4, 0.5) is 0 Å². The first kappa shape index (κ1) is 12.5. The van der Waals surface area contributed by atoms with E-state index in [-0.39, 0.29) is 17.6 Å². The maximum Gasteiger partial charge on any atom is 0.238 e. The minimum Gasteiger partial charge on any atom is -0.393 e. The molecule has 4 nitrogen and oxygen atoms in total. The molecule has 0 saturated carbocycles. The smallest absolute Gasteiger partial charge is 0.238 e. The van der Waals surface area contributed by atoms with E-state index in [9.17, 15) is 9.90 Å². The summed E-state index contributed by atoms with van der Waals surface area (Å²) in [7, 11) is 0. The number of carbonyl (C=O) groups excluding carboxylic acids is 1. The average Bonchev–Trinajstić information content (AvgIpc) is 2.42. The summed E-state index contributed by atoms with van der Waals surface area (Å²) >= 11 is 0. The molecule has 4 heteroatoms. The van der Waals surface area contributed by atoms with Crippen LogP contribution in [0, 0.1) is 0 Å². The molecule has 0 aromatic rings. The molecule has 0 spiro atoms. The first-order valence-electron chi connectivity index (χ1n) is 5.58. The summed E-state index contributed by atoms with van der Waals surface area (Å²) in [4.78, 5) is 11.7. The Kier molecular flexibility index (Phi) is 3.73. The van der Waals surface area contributed by atoms with Gasteiger partial charge in [-0.3, -0.25) is 9.80 Å². The molecule has 88 valence electrons. The molecule has 0 aromatic heterocycles.